The number of nitriles is 1. The second kappa shape index (κ2) is 10.1. The third-order valence-corrected chi connectivity index (χ3v) is 3.61. The predicted octanol–water partition coefficient (Wildman–Crippen LogP) is 1.64. The van der Waals surface area contributed by atoms with Crippen LogP contribution in [0.3, 0.4) is 0 Å². The zero-order valence-electron chi connectivity index (χ0n) is 13.9. The van der Waals surface area contributed by atoms with E-state index in [0.717, 1.165) is 19.5 Å². The lowest BCUT2D eigenvalue weighted by Gasteiger charge is -2.37. The molecule has 0 saturated carbocycles. The van der Waals surface area contributed by atoms with Gasteiger partial charge < -0.3 is 9.47 Å². The number of hydrogen-bond acceptors (Lipinski definition) is 5. The summed E-state index contributed by atoms with van der Waals surface area (Å²) in [4.78, 5) is 2.35. The van der Waals surface area contributed by atoms with E-state index in [-0.39, 0.29) is 6.04 Å². The average Bonchev–Trinajstić information content (AvgIpc) is 2.39. The van der Waals surface area contributed by atoms with Crippen LogP contribution in [0, 0.1) is 11.3 Å². The molecule has 0 spiro atoms. The summed E-state index contributed by atoms with van der Waals surface area (Å²) in [6.07, 6.45) is 0.773. The highest BCUT2D eigenvalue weighted by Crippen LogP contribution is 2.18. The van der Waals surface area contributed by atoms with Crippen molar-refractivity contribution in [3.8, 4) is 6.07 Å². The Bertz CT molecular complexity index is 293. The van der Waals surface area contributed by atoms with Crippen molar-refractivity contribution in [2.75, 3.05) is 40.5 Å². The number of nitrogens with zero attached hydrogens (tertiary/aromatic N) is 2. The first kappa shape index (κ1) is 19.3. The van der Waals surface area contributed by atoms with Crippen LogP contribution >= 0.6 is 0 Å². The van der Waals surface area contributed by atoms with Gasteiger partial charge in [0, 0.05) is 32.8 Å². The standard InChI is InChI=1S/C15H31N3O2/c1-7-17-15(4,12-16)10-13(2)18(8-9-19-5)14(3)11-20-6/h13-14,17H,7-11H2,1-6H3. The lowest BCUT2D eigenvalue weighted by molar-refractivity contribution is 0.0442. The summed E-state index contributed by atoms with van der Waals surface area (Å²) in [6, 6.07) is 2.97. The van der Waals surface area contributed by atoms with Gasteiger partial charge in [-0.2, -0.15) is 5.26 Å². The van der Waals surface area contributed by atoms with Gasteiger partial charge in [0.05, 0.1) is 19.3 Å². The van der Waals surface area contributed by atoms with Gasteiger partial charge in [0.1, 0.15) is 5.54 Å². The fraction of sp³-hybridized carbons (Fsp3) is 0.933. The van der Waals surface area contributed by atoms with E-state index in [0.29, 0.717) is 19.3 Å². The Balaban J connectivity index is 4.75. The minimum Gasteiger partial charge on any atom is -0.383 e. The van der Waals surface area contributed by atoms with Crippen molar-refractivity contribution in [2.24, 2.45) is 0 Å². The highest BCUT2D eigenvalue weighted by atomic mass is 16.5. The van der Waals surface area contributed by atoms with E-state index in [1.165, 1.54) is 0 Å². The Hall–Kier alpha value is -0.670. The zero-order valence-corrected chi connectivity index (χ0v) is 13.9. The van der Waals surface area contributed by atoms with E-state index < -0.39 is 5.54 Å². The molecule has 5 nitrogen and oxygen atoms in total. The summed E-state index contributed by atoms with van der Waals surface area (Å²) in [7, 11) is 3.43. The van der Waals surface area contributed by atoms with Crippen molar-refractivity contribution in [1.29, 1.82) is 5.26 Å². The molecule has 0 aliphatic rings. The van der Waals surface area contributed by atoms with Crippen LogP contribution < -0.4 is 5.32 Å². The van der Waals surface area contributed by atoms with Gasteiger partial charge in [0.2, 0.25) is 0 Å². The van der Waals surface area contributed by atoms with Gasteiger partial charge in [-0.3, -0.25) is 10.2 Å². The monoisotopic (exact) mass is 285 g/mol. The Labute approximate surface area is 124 Å². The summed E-state index contributed by atoms with van der Waals surface area (Å²) in [5.74, 6) is 0. The maximum Gasteiger partial charge on any atom is 0.105 e. The summed E-state index contributed by atoms with van der Waals surface area (Å²) in [5.41, 5.74) is -0.494. The van der Waals surface area contributed by atoms with Gasteiger partial charge in [-0.25, -0.2) is 0 Å². The molecular formula is C15H31N3O2. The molecule has 0 aromatic heterocycles. The molecule has 0 aliphatic carbocycles. The van der Waals surface area contributed by atoms with Crippen molar-refractivity contribution < 1.29 is 9.47 Å². The molecule has 0 rings (SSSR count). The minimum atomic E-state index is -0.494. The number of ether oxygens (including phenoxy) is 2. The van der Waals surface area contributed by atoms with Crippen LogP contribution in [0.1, 0.15) is 34.1 Å². The SMILES string of the molecule is CCNC(C)(C#N)CC(C)N(CCOC)C(C)COC. The number of nitrogens with one attached hydrogen (secondary N) is 1. The molecule has 118 valence electrons. The molecule has 0 saturated heterocycles. The average molecular weight is 285 g/mol. The molecule has 0 aromatic carbocycles. The quantitative estimate of drug-likeness (QED) is 0.625. The van der Waals surface area contributed by atoms with Crippen LogP contribution in [0.15, 0.2) is 0 Å². The van der Waals surface area contributed by atoms with Crippen LogP contribution in [0.4, 0.5) is 0 Å². The van der Waals surface area contributed by atoms with Gasteiger partial charge in [-0.05, 0) is 33.7 Å². The summed E-state index contributed by atoms with van der Waals surface area (Å²) < 4.78 is 10.4. The lowest BCUT2D eigenvalue weighted by atomic mass is 9.93. The van der Waals surface area contributed by atoms with Crippen molar-refractivity contribution in [3.05, 3.63) is 0 Å². The predicted molar refractivity (Wildman–Crippen MR) is 81.7 cm³/mol. The Morgan fingerprint density at radius 3 is 2.35 bits per heavy atom. The smallest absolute Gasteiger partial charge is 0.105 e. The molecule has 20 heavy (non-hydrogen) atoms. The van der Waals surface area contributed by atoms with Crippen LogP contribution in [-0.4, -0.2) is 63.0 Å². The first-order valence-electron chi connectivity index (χ1n) is 7.34. The van der Waals surface area contributed by atoms with E-state index in [9.17, 15) is 5.26 Å². The Kier molecular flexibility index (Phi) is 9.78. The Morgan fingerprint density at radius 2 is 1.90 bits per heavy atom. The fourth-order valence-corrected chi connectivity index (χ4v) is 2.66. The third-order valence-electron chi connectivity index (χ3n) is 3.61. The number of rotatable bonds is 11. The molecule has 0 bridgehead atoms. The van der Waals surface area contributed by atoms with Gasteiger partial charge in [-0.1, -0.05) is 6.92 Å². The van der Waals surface area contributed by atoms with E-state index in [1.807, 2.05) is 13.8 Å². The van der Waals surface area contributed by atoms with Crippen LogP contribution in [0.25, 0.3) is 0 Å². The van der Waals surface area contributed by atoms with E-state index in [4.69, 9.17) is 9.47 Å². The van der Waals surface area contributed by atoms with E-state index in [2.05, 4.69) is 30.1 Å². The largest absolute Gasteiger partial charge is 0.383 e. The highest BCUT2D eigenvalue weighted by molar-refractivity contribution is 5.05. The van der Waals surface area contributed by atoms with Crippen LogP contribution in [0.2, 0.25) is 0 Å². The molecule has 3 atom stereocenters. The van der Waals surface area contributed by atoms with Crippen molar-refractivity contribution >= 4 is 0 Å². The number of hydrogen-bond donors (Lipinski definition) is 1. The molecule has 0 amide bonds. The lowest BCUT2D eigenvalue weighted by Crippen LogP contribution is -2.50. The van der Waals surface area contributed by atoms with Gasteiger partial charge in [-0.15, -0.1) is 0 Å². The molecular weight excluding hydrogens is 254 g/mol. The Morgan fingerprint density at radius 1 is 1.25 bits per heavy atom. The number of methoxy groups -OCH3 is 2. The van der Waals surface area contributed by atoms with Crippen molar-refractivity contribution in [3.63, 3.8) is 0 Å². The maximum atomic E-state index is 9.38. The normalized spacial score (nSPS) is 17.5. The fourth-order valence-electron chi connectivity index (χ4n) is 2.66. The first-order chi connectivity index (χ1) is 9.44. The second-order valence-electron chi connectivity index (χ2n) is 5.56. The summed E-state index contributed by atoms with van der Waals surface area (Å²) >= 11 is 0. The summed E-state index contributed by atoms with van der Waals surface area (Å²) in [5, 5.41) is 12.7. The topological polar surface area (TPSA) is 57.5 Å². The van der Waals surface area contributed by atoms with Gasteiger partial charge >= 0.3 is 0 Å². The van der Waals surface area contributed by atoms with Gasteiger partial charge in [0.25, 0.3) is 0 Å². The third kappa shape index (κ3) is 6.67. The minimum absolute atomic E-state index is 0.277. The zero-order chi connectivity index (χ0) is 15.6. The van der Waals surface area contributed by atoms with E-state index >= 15 is 0 Å². The molecule has 1 N–H and O–H groups in total. The highest BCUT2D eigenvalue weighted by Gasteiger charge is 2.29. The van der Waals surface area contributed by atoms with E-state index in [1.54, 1.807) is 14.2 Å². The van der Waals surface area contributed by atoms with Crippen molar-refractivity contribution in [1.82, 2.24) is 10.2 Å². The molecule has 0 fully saturated rings. The maximum absolute atomic E-state index is 9.38. The molecule has 0 heterocycles. The molecule has 0 radical (unpaired) electrons. The van der Waals surface area contributed by atoms with Crippen LogP contribution in [-0.2, 0) is 9.47 Å². The van der Waals surface area contributed by atoms with Crippen LogP contribution in [0.5, 0.6) is 0 Å². The molecule has 0 aliphatic heterocycles. The summed E-state index contributed by atoms with van der Waals surface area (Å²) in [6.45, 7) is 11.3. The first-order valence-corrected chi connectivity index (χ1v) is 7.34. The van der Waals surface area contributed by atoms with Gasteiger partial charge in [0.15, 0.2) is 0 Å². The molecule has 5 heteroatoms. The molecule has 0 aromatic rings. The second-order valence-corrected chi connectivity index (χ2v) is 5.56. The van der Waals surface area contributed by atoms with Crippen molar-refractivity contribution in [2.45, 2.75) is 51.7 Å². The molecule has 3 unspecified atom stereocenters.